The van der Waals surface area contributed by atoms with Crippen LogP contribution >= 0.6 is 0 Å². The van der Waals surface area contributed by atoms with Crippen LogP contribution in [0.25, 0.3) is 0 Å². The SMILES string of the molecule is CN=C(NCCCOCC1CCOCC1)NCC(C)CN(C)C(=O)OC(C)(C)C. The predicted octanol–water partition coefficient (Wildman–Crippen LogP) is 2.49. The van der Waals surface area contributed by atoms with Gasteiger partial charge < -0.3 is 29.7 Å². The van der Waals surface area contributed by atoms with E-state index in [9.17, 15) is 4.79 Å². The third-order valence-corrected chi connectivity index (χ3v) is 4.58. The average molecular weight is 415 g/mol. The van der Waals surface area contributed by atoms with Crippen molar-refractivity contribution in [2.45, 2.75) is 52.6 Å². The first-order valence-corrected chi connectivity index (χ1v) is 10.8. The average Bonchev–Trinajstić information content (AvgIpc) is 2.66. The van der Waals surface area contributed by atoms with Crippen molar-refractivity contribution in [3.8, 4) is 0 Å². The molecule has 1 fully saturated rings. The minimum absolute atomic E-state index is 0.258. The number of rotatable bonds is 10. The lowest BCUT2D eigenvalue weighted by Crippen LogP contribution is -2.43. The van der Waals surface area contributed by atoms with Crippen LogP contribution in [0.1, 0.15) is 47.0 Å². The van der Waals surface area contributed by atoms with Crippen LogP contribution < -0.4 is 10.6 Å². The Morgan fingerprint density at radius 2 is 1.97 bits per heavy atom. The molecule has 1 rings (SSSR count). The van der Waals surface area contributed by atoms with Gasteiger partial charge in [-0.25, -0.2) is 4.79 Å². The van der Waals surface area contributed by atoms with Crippen LogP contribution in [0.5, 0.6) is 0 Å². The van der Waals surface area contributed by atoms with Gasteiger partial charge in [-0.1, -0.05) is 6.92 Å². The molecule has 8 heteroatoms. The summed E-state index contributed by atoms with van der Waals surface area (Å²) in [4.78, 5) is 17.9. The second-order valence-corrected chi connectivity index (χ2v) is 8.83. The topological polar surface area (TPSA) is 84.4 Å². The van der Waals surface area contributed by atoms with Crippen LogP contribution in [0, 0.1) is 11.8 Å². The van der Waals surface area contributed by atoms with Gasteiger partial charge in [0, 0.05) is 60.2 Å². The van der Waals surface area contributed by atoms with Gasteiger partial charge in [0.25, 0.3) is 0 Å². The van der Waals surface area contributed by atoms with Crippen molar-refractivity contribution in [3.63, 3.8) is 0 Å². The van der Waals surface area contributed by atoms with Gasteiger partial charge >= 0.3 is 6.09 Å². The molecule has 0 aliphatic carbocycles. The highest BCUT2D eigenvalue weighted by Crippen LogP contribution is 2.14. The second kappa shape index (κ2) is 13.6. The van der Waals surface area contributed by atoms with Crippen LogP contribution in [0.15, 0.2) is 4.99 Å². The highest BCUT2D eigenvalue weighted by molar-refractivity contribution is 5.79. The third-order valence-electron chi connectivity index (χ3n) is 4.58. The maximum Gasteiger partial charge on any atom is 0.410 e. The molecule has 8 nitrogen and oxygen atoms in total. The minimum atomic E-state index is -0.479. The Morgan fingerprint density at radius 3 is 2.59 bits per heavy atom. The van der Waals surface area contributed by atoms with E-state index in [4.69, 9.17) is 14.2 Å². The molecule has 0 bridgehead atoms. The zero-order chi connectivity index (χ0) is 21.7. The maximum absolute atomic E-state index is 12.0. The van der Waals surface area contributed by atoms with E-state index in [1.165, 1.54) is 0 Å². The van der Waals surface area contributed by atoms with Crippen molar-refractivity contribution < 1.29 is 19.0 Å². The zero-order valence-corrected chi connectivity index (χ0v) is 19.3. The van der Waals surface area contributed by atoms with E-state index < -0.39 is 5.60 Å². The highest BCUT2D eigenvalue weighted by atomic mass is 16.6. The molecule has 1 atom stereocenters. The predicted molar refractivity (Wildman–Crippen MR) is 116 cm³/mol. The second-order valence-electron chi connectivity index (χ2n) is 8.83. The Hall–Kier alpha value is -1.54. The number of amides is 1. The zero-order valence-electron chi connectivity index (χ0n) is 19.3. The number of hydrogen-bond acceptors (Lipinski definition) is 5. The molecule has 0 spiro atoms. The molecule has 1 saturated heterocycles. The molecule has 170 valence electrons. The summed E-state index contributed by atoms with van der Waals surface area (Å²) in [6.45, 7) is 13.1. The van der Waals surface area contributed by atoms with Crippen molar-refractivity contribution in [2.24, 2.45) is 16.8 Å². The summed E-state index contributed by atoms with van der Waals surface area (Å²) in [5.74, 6) is 1.67. The van der Waals surface area contributed by atoms with Gasteiger partial charge in [-0.2, -0.15) is 0 Å². The van der Waals surface area contributed by atoms with Crippen molar-refractivity contribution in [2.75, 3.05) is 60.2 Å². The highest BCUT2D eigenvalue weighted by Gasteiger charge is 2.20. The van der Waals surface area contributed by atoms with Gasteiger partial charge in [0.1, 0.15) is 5.60 Å². The largest absolute Gasteiger partial charge is 0.444 e. The molecule has 0 radical (unpaired) electrons. The Morgan fingerprint density at radius 1 is 1.28 bits per heavy atom. The van der Waals surface area contributed by atoms with Crippen molar-refractivity contribution in [1.82, 2.24) is 15.5 Å². The van der Waals surface area contributed by atoms with Crippen LogP contribution in [0.3, 0.4) is 0 Å². The normalized spacial score (nSPS) is 17.0. The quantitative estimate of drug-likeness (QED) is 0.325. The standard InChI is InChI=1S/C21H42N4O4/c1-17(15-25(6)20(26)29-21(2,3)4)14-24-19(22-5)23-10-7-11-28-16-18-8-12-27-13-9-18/h17-18H,7-16H2,1-6H3,(H2,22,23,24). The molecule has 0 aromatic heterocycles. The van der Waals surface area contributed by atoms with Crippen LogP contribution in [-0.4, -0.2) is 82.7 Å². The summed E-state index contributed by atoms with van der Waals surface area (Å²) >= 11 is 0. The summed E-state index contributed by atoms with van der Waals surface area (Å²) < 4.78 is 16.5. The number of carbonyl (C=O) groups excluding carboxylic acids is 1. The van der Waals surface area contributed by atoms with Gasteiger partial charge in [0.05, 0.1) is 0 Å². The molecule has 29 heavy (non-hydrogen) atoms. The maximum atomic E-state index is 12.0. The monoisotopic (exact) mass is 414 g/mol. The van der Waals surface area contributed by atoms with Gasteiger partial charge in [0.15, 0.2) is 5.96 Å². The molecular formula is C21H42N4O4. The first kappa shape index (κ1) is 25.5. The molecule has 1 aliphatic rings. The van der Waals surface area contributed by atoms with E-state index in [2.05, 4.69) is 22.5 Å². The number of nitrogens with zero attached hydrogens (tertiary/aromatic N) is 2. The smallest absolute Gasteiger partial charge is 0.410 e. The summed E-state index contributed by atoms with van der Waals surface area (Å²) in [6, 6.07) is 0. The van der Waals surface area contributed by atoms with E-state index in [1.807, 2.05) is 20.8 Å². The third kappa shape index (κ3) is 12.6. The summed E-state index contributed by atoms with van der Waals surface area (Å²) in [7, 11) is 3.52. The molecule has 2 N–H and O–H groups in total. The Labute approximate surface area is 176 Å². The van der Waals surface area contributed by atoms with Crippen LogP contribution in [-0.2, 0) is 14.2 Å². The molecule has 0 saturated carbocycles. The lowest BCUT2D eigenvalue weighted by Gasteiger charge is -2.26. The molecule has 1 amide bonds. The Balaban J connectivity index is 2.12. The fourth-order valence-corrected chi connectivity index (χ4v) is 2.98. The summed E-state index contributed by atoms with van der Waals surface area (Å²) in [6.07, 6.45) is 2.85. The minimum Gasteiger partial charge on any atom is -0.444 e. The number of carbonyl (C=O) groups is 1. The number of aliphatic imine (C=N–C) groups is 1. The number of ether oxygens (including phenoxy) is 3. The first-order valence-electron chi connectivity index (χ1n) is 10.8. The lowest BCUT2D eigenvalue weighted by atomic mass is 10.0. The van der Waals surface area contributed by atoms with Gasteiger partial charge in [-0.15, -0.1) is 0 Å². The van der Waals surface area contributed by atoms with E-state index in [0.717, 1.165) is 58.2 Å². The van der Waals surface area contributed by atoms with Gasteiger partial charge in [-0.05, 0) is 51.9 Å². The van der Waals surface area contributed by atoms with E-state index in [-0.39, 0.29) is 12.0 Å². The number of hydrogen-bond donors (Lipinski definition) is 2. The van der Waals surface area contributed by atoms with E-state index in [0.29, 0.717) is 19.0 Å². The van der Waals surface area contributed by atoms with E-state index in [1.54, 1.807) is 19.0 Å². The summed E-state index contributed by atoms with van der Waals surface area (Å²) in [5.41, 5.74) is -0.479. The van der Waals surface area contributed by atoms with Crippen molar-refractivity contribution >= 4 is 12.1 Å². The number of guanidine groups is 1. The lowest BCUT2D eigenvalue weighted by molar-refractivity contribution is 0.0203. The Bertz CT molecular complexity index is 488. The molecule has 1 unspecified atom stereocenters. The fraction of sp³-hybridized carbons (Fsp3) is 0.905. The Kier molecular flexibility index (Phi) is 12.0. The molecular weight excluding hydrogens is 372 g/mol. The molecule has 1 aliphatic heterocycles. The fourth-order valence-electron chi connectivity index (χ4n) is 2.98. The van der Waals surface area contributed by atoms with Crippen LogP contribution in [0.4, 0.5) is 4.79 Å². The number of nitrogens with one attached hydrogen (secondary N) is 2. The van der Waals surface area contributed by atoms with Crippen molar-refractivity contribution in [1.29, 1.82) is 0 Å². The van der Waals surface area contributed by atoms with Gasteiger partial charge in [-0.3, -0.25) is 4.99 Å². The first-order chi connectivity index (χ1) is 13.7. The van der Waals surface area contributed by atoms with Crippen molar-refractivity contribution in [3.05, 3.63) is 0 Å². The van der Waals surface area contributed by atoms with Crippen LogP contribution in [0.2, 0.25) is 0 Å². The van der Waals surface area contributed by atoms with E-state index >= 15 is 0 Å². The molecule has 0 aromatic carbocycles. The molecule has 1 heterocycles. The van der Waals surface area contributed by atoms with Gasteiger partial charge in [0.2, 0.25) is 0 Å². The summed E-state index contributed by atoms with van der Waals surface area (Å²) in [5, 5.41) is 6.61. The molecule has 0 aromatic rings.